The summed E-state index contributed by atoms with van der Waals surface area (Å²) in [6.45, 7) is 17.6. The van der Waals surface area contributed by atoms with Crippen LogP contribution in [0.15, 0.2) is 60.8 Å². The summed E-state index contributed by atoms with van der Waals surface area (Å²) < 4.78 is 2.41. The van der Waals surface area contributed by atoms with Gasteiger partial charge in [0.1, 0.15) is 0 Å². The van der Waals surface area contributed by atoms with Crippen LogP contribution in [0.4, 0.5) is 0 Å². The first-order valence-electron chi connectivity index (χ1n) is 11.6. The van der Waals surface area contributed by atoms with Crippen molar-refractivity contribution in [2.75, 3.05) is 57.4 Å². The van der Waals surface area contributed by atoms with E-state index in [0.717, 1.165) is 52.4 Å². The molecule has 0 radical (unpaired) electrons. The molecule has 2 aromatic carbocycles. The van der Waals surface area contributed by atoms with E-state index in [2.05, 4.69) is 108 Å². The molecular weight excluding hydrogens is 368 g/mol. The quantitative estimate of drug-likeness (QED) is 0.424. The van der Waals surface area contributed by atoms with E-state index < -0.39 is 0 Å². The summed E-state index contributed by atoms with van der Waals surface area (Å²) in [5, 5.41) is 3.85. The maximum Gasteiger partial charge on any atom is 0.0701 e. The third kappa shape index (κ3) is 5.24. The van der Waals surface area contributed by atoms with Crippen LogP contribution < -0.4 is 5.01 Å². The van der Waals surface area contributed by atoms with E-state index >= 15 is 0 Å². The van der Waals surface area contributed by atoms with Crippen molar-refractivity contribution in [3.8, 4) is 11.1 Å². The molecule has 0 bridgehead atoms. The van der Waals surface area contributed by atoms with E-state index in [1.807, 2.05) is 0 Å². The minimum Gasteiger partial charge on any atom is -0.310 e. The Balaban J connectivity index is 1.96. The first-order valence-corrected chi connectivity index (χ1v) is 11.6. The largest absolute Gasteiger partial charge is 0.310 e. The maximum atomic E-state index is 2.53. The van der Waals surface area contributed by atoms with Crippen molar-refractivity contribution in [2.45, 2.75) is 27.7 Å². The Morgan fingerprint density at radius 2 is 1.17 bits per heavy atom. The van der Waals surface area contributed by atoms with Crippen LogP contribution in [-0.2, 0) is 0 Å². The molecule has 0 atom stereocenters. The van der Waals surface area contributed by atoms with Gasteiger partial charge < -0.3 is 14.8 Å². The van der Waals surface area contributed by atoms with Crippen molar-refractivity contribution in [1.29, 1.82) is 0 Å². The molecular formula is C26H38N4. The Morgan fingerprint density at radius 1 is 0.633 bits per heavy atom. The van der Waals surface area contributed by atoms with Gasteiger partial charge >= 0.3 is 0 Å². The van der Waals surface area contributed by atoms with E-state index in [9.17, 15) is 0 Å². The van der Waals surface area contributed by atoms with Crippen LogP contribution in [-0.4, -0.2) is 66.8 Å². The highest BCUT2D eigenvalue weighted by Gasteiger charge is 2.16. The van der Waals surface area contributed by atoms with Crippen molar-refractivity contribution in [3.63, 3.8) is 0 Å². The van der Waals surface area contributed by atoms with Gasteiger partial charge in [-0.05, 0) is 37.8 Å². The monoisotopic (exact) mass is 406 g/mol. The van der Waals surface area contributed by atoms with Gasteiger partial charge in [-0.3, -0.25) is 4.68 Å². The average molecular weight is 407 g/mol. The van der Waals surface area contributed by atoms with Gasteiger partial charge in [0.15, 0.2) is 0 Å². The van der Waals surface area contributed by atoms with Crippen molar-refractivity contribution in [3.05, 3.63) is 60.8 Å². The standard InChI is InChI=1S/C26H38N4/c1-5-27(6-2)18-20-29(21-19-28(7-3)8-4)30-22-25(23-14-10-9-11-15-23)24-16-12-13-17-26(24)30/h9-17,22H,5-8,18-21H2,1-4H3. The number of hydrogen-bond donors (Lipinski definition) is 0. The Morgan fingerprint density at radius 3 is 1.73 bits per heavy atom. The molecule has 0 aliphatic heterocycles. The van der Waals surface area contributed by atoms with E-state index in [1.165, 1.54) is 22.0 Å². The lowest BCUT2D eigenvalue weighted by atomic mass is 10.1. The summed E-state index contributed by atoms with van der Waals surface area (Å²) >= 11 is 0. The zero-order valence-corrected chi connectivity index (χ0v) is 19.2. The highest BCUT2D eigenvalue weighted by molar-refractivity contribution is 5.96. The third-order valence-electron chi connectivity index (χ3n) is 6.22. The van der Waals surface area contributed by atoms with Gasteiger partial charge in [-0.2, -0.15) is 0 Å². The predicted octanol–water partition coefficient (Wildman–Crippen LogP) is 4.93. The molecule has 1 heterocycles. The molecule has 0 aliphatic carbocycles. The van der Waals surface area contributed by atoms with Crippen LogP contribution in [0.5, 0.6) is 0 Å². The van der Waals surface area contributed by atoms with Gasteiger partial charge in [-0.1, -0.05) is 76.2 Å². The minimum atomic E-state index is 1.02. The summed E-state index contributed by atoms with van der Waals surface area (Å²) in [5.74, 6) is 0. The molecule has 30 heavy (non-hydrogen) atoms. The third-order valence-corrected chi connectivity index (χ3v) is 6.22. The van der Waals surface area contributed by atoms with Crippen LogP contribution in [0.2, 0.25) is 0 Å². The number of nitrogens with zero attached hydrogens (tertiary/aromatic N) is 4. The first kappa shape index (κ1) is 22.4. The SMILES string of the molecule is CCN(CC)CCN(CCN(CC)CC)n1cc(-c2ccccc2)c2ccccc21. The Bertz CT molecular complexity index is 862. The maximum absolute atomic E-state index is 2.53. The average Bonchev–Trinajstić information content (AvgIpc) is 3.19. The first-order chi connectivity index (χ1) is 14.7. The van der Waals surface area contributed by atoms with Crippen molar-refractivity contribution in [1.82, 2.24) is 14.5 Å². The summed E-state index contributed by atoms with van der Waals surface area (Å²) in [5.41, 5.74) is 3.87. The molecule has 0 saturated carbocycles. The van der Waals surface area contributed by atoms with E-state index in [1.54, 1.807) is 0 Å². The van der Waals surface area contributed by atoms with E-state index in [-0.39, 0.29) is 0 Å². The number of hydrogen-bond acceptors (Lipinski definition) is 3. The molecule has 162 valence electrons. The molecule has 4 nitrogen and oxygen atoms in total. The smallest absolute Gasteiger partial charge is 0.0701 e. The van der Waals surface area contributed by atoms with E-state index in [4.69, 9.17) is 0 Å². The molecule has 0 aliphatic rings. The molecule has 0 fully saturated rings. The fraction of sp³-hybridized carbons (Fsp3) is 0.462. The molecule has 3 aromatic rings. The van der Waals surface area contributed by atoms with Crippen molar-refractivity contribution in [2.24, 2.45) is 0 Å². The van der Waals surface area contributed by atoms with Gasteiger partial charge in [-0.25, -0.2) is 0 Å². The molecule has 1 aromatic heterocycles. The lowest BCUT2D eigenvalue weighted by Crippen LogP contribution is -2.45. The Labute approximate surface area is 182 Å². The van der Waals surface area contributed by atoms with Crippen LogP contribution >= 0.6 is 0 Å². The van der Waals surface area contributed by atoms with Crippen molar-refractivity contribution < 1.29 is 0 Å². The summed E-state index contributed by atoms with van der Waals surface area (Å²) in [7, 11) is 0. The number of benzene rings is 2. The molecule has 3 rings (SSSR count). The van der Waals surface area contributed by atoms with Gasteiger partial charge in [0.05, 0.1) is 5.52 Å². The zero-order chi connectivity index (χ0) is 21.3. The van der Waals surface area contributed by atoms with Gasteiger partial charge in [-0.15, -0.1) is 0 Å². The zero-order valence-electron chi connectivity index (χ0n) is 19.2. The number of rotatable bonds is 12. The van der Waals surface area contributed by atoms with Crippen LogP contribution in [0, 0.1) is 0 Å². The van der Waals surface area contributed by atoms with Crippen molar-refractivity contribution >= 4 is 10.9 Å². The second-order valence-corrected chi connectivity index (χ2v) is 7.78. The Hall–Kier alpha value is -2.30. The summed E-state index contributed by atoms with van der Waals surface area (Å²) in [6.07, 6.45) is 2.34. The molecule has 0 N–H and O–H groups in total. The van der Waals surface area contributed by atoms with Gasteiger partial charge in [0.25, 0.3) is 0 Å². The van der Waals surface area contributed by atoms with Crippen LogP contribution in [0.3, 0.4) is 0 Å². The molecule has 0 amide bonds. The highest BCUT2D eigenvalue weighted by atomic mass is 15.5. The lowest BCUT2D eigenvalue weighted by molar-refractivity contribution is 0.282. The molecule has 0 saturated heterocycles. The molecule has 0 spiro atoms. The predicted molar refractivity (Wildman–Crippen MR) is 131 cm³/mol. The van der Waals surface area contributed by atoms with Gasteiger partial charge in [0.2, 0.25) is 0 Å². The second kappa shape index (κ2) is 11.2. The van der Waals surface area contributed by atoms with Gasteiger partial charge in [0, 0.05) is 43.3 Å². The van der Waals surface area contributed by atoms with Crippen LogP contribution in [0.25, 0.3) is 22.0 Å². The lowest BCUT2D eigenvalue weighted by Gasteiger charge is -2.31. The number of aromatic nitrogens is 1. The molecule has 4 heteroatoms. The fourth-order valence-corrected chi connectivity index (χ4v) is 4.16. The number of likely N-dealkylation sites (N-methyl/N-ethyl adjacent to an activating group) is 2. The van der Waals surface area contributed by atoms with Crippen LogP contribution in [0.1, 0.15) is 27.7 Å². The number of para-hydroxylation sites is 1. The second-order valence-electron chi connectivity index (χ2n) is 7.78. The fourth-order valence-electron chi connectivity index (χ4n) is 4.16. The highest BCUT2D eigenvalue weighted by Crippen LogP contribution is 2.30. The minimum absolute atomic E-state index is 1.02. The topological polar surface area (TPSA) is 14.7 Å². The molecule has 0 unspecified atom stereocenters. The normalized spacial score (nSPS) is 11.7. The Kier molecular flexibility index (Phi) is 8.35. The number of fused-ring (bicyclic) bond motifs is 1. The van der Waals surface area contributed by atoms with E-state index in [0.29, 0.717) is 0 Å². The summed E-state index contributed by atoms with van der Waals surface area (Å²) in [4.78, 5) is 5.02. The summed E-state index contributed by atoms with van der Waals surface area (Å²) in [6, 6.07) is 19.6.